The zero-order valence-corrected chi connectivity index (χ0v) is 10.9. The predicted molar refractivity (Wildman–Crippen MR) is 67.2 cm³/mol. The molecule has 2 rings (SSSR count). The molecule has 13 heavy (non-hydrogen) atoms. The number of nitrogens with zero attached hydrogens (tertiary/aromatic N) is 1. The molecule has 0 fully saturated rings. The van der Waals surface area contributed by atoms with E-state index < -0.39 is 0 Å². The zero-order valence-electron chi connectivity index (χ0n) is 6.39. The molecule has 1 heterocycles. The van der Waals surface area contributed by atoms with Crippen LogP contribution in [0.25, 0.3) is 10.9 Å². The Labute approximate surface area is 103 Å². The minimum Gasteiger partial charge on any atom is -0.255 e. The van der Waals surface area contributed by atoms with Crippen LogP contribution in [0.1, 0.15) is 0 Å². The molecular formula is C9H4BrClIN. The second-order valence-corrected chi connectivity index (χ2v) is 5.03. The van der Waals surface area contributed by atoms with Gasteiger partial charge in [0.1, 0.15) is 0 Å². The van der Waals surface area contributed by atoms with Crippen molar-refractivity contribution in [3.8, 4) is 0 Å². The second kappa shape index (κ2) is 3.71. The first-order chi connectivity index (χ1) is 6.18. The van der Waals surface area contributed by atoms with Crippen LogP contribution < -0.4 is 0 Å². The van der Waals surface area contributed by atoms with Crippen LogP contribution in [0.4, 0.5) is 0 Å². The van der Waals surface area contributed by atoms with Crippen LogP contribution in [-0.2, 0) is 0 Å². The van der Waals surface area contributed by atoms with E-state index in [0.29, 0.717) is 5.02 Å². The average Bonchev–Trinajstić information content (AvgIpc) is 2.12. The molecule has 0 saturated carbocycles. The first-order valence-corrected chi connectivity index (χ1v) is 5.83. The smallest absolute Gasteiger partial charge is 0.0737 e. The lowest BCUT2D eigenvalue weighted by molar-refractivity contribution is 1.40. The summed E-state index contributed by atoms with van der Waals surface area (Å²) in [5.41, 5.74) is 0.955. The van der Waals surface area contributed by atoms with Crippen LogP contribution in [-0.4, -0.2) is 4.98 Å². The predicted octanol–water partition coefficient (Wildman–Crippen LogP) is 4.26. The third-order valence-electron chi connectivity index (χ3n) is 1.72. The number of fused-ring (bicyclic) bond motifs is 1. The maximum Gasteiger partial charge on any atom is 0.0737 e. The Hall–Kier alpha value is 0.130. The van der Waals surface area contributed by atoms with Gasteiger partial charge < -0.3 is 0 Å². The lowest BCUT2D eigenvalue weighted by Gasteiger charge is -2.01. The quantitative estimate of drug-likeness (QED) is 0.634. The van der Waals surface area contributed by atoms with Gasteiger partial charge in [-0.05, 0) is 56.7 Å². The molecule has 0 bridgehead atoms. The highest BCUT2D eigenvalue weighted by atomic mass is 127. The molecule has 4 heteroatoms. The zero-order chi connectivity index (χ0) is 9.42. The van der Waals surface area contributed by atoms with Crippen LogP contribution in [0.3, 0.4) is 0 Å². The lowest BCUT2D eigenvalue weighted by Crippen LogP contribution is -1.82. The molecule has 0 N–H and O–H groups in total. The van der Waals surface area contributed by atoms with Gasteiger partial charge in [-0.2, -0.15) is 0 Å². The van der Waals surface area contributed by atoms with Gasteiger partial charge in [-0.25, -0.2) is 0 Å². The standard InChI is InChI=1S/C9H4BrClIN/c10-9-6-3-5(12)1-2-8(6)13-4-7(9)11/h1-4H. The summed E-state index contributed by atoms with van der Waals surface area (Å²) in [5.74, 6) is 0. The van der Waals surface area contributed by atoms with Gasteiger partial charge in [0.15, 0.2) is 0 Å². The van der Waals surface area contributed by atoms with Crippen molar-refractivity contribution >= 4 is 61.0 Å². The highest BCUT2D eigenvalue weighted by Gasteiger charge is 2.04. The maximum absolute atomic E-state index is 5.93. The number of aromatic nitrogens is 1. The molecular weight excluding hydrogens is 364 g/mol. The van der Waals surface area contributed by atoms with Gasteiger partial charge in [0.2, 0.25) is 0 Å². The molecule has 0 saturated heterocycles. The summed E-state index contributed by atoms with van der Waals surface area (Å²) in [6.07, 6.45) is 1.65. The second-order valence-electron chi connectivity index (χ2n) is 2.58. The summed E-state index contributed by atoms with van der Waals surface area (Å²) in [5, 5.41) is 1.70. The van der Waals surface area contributed by atoms with Crippen LogP contribution in [0.15, 0.2) is 28.9 Å². The summed E-state index contributed by atoms with van der Waals surface area (Å²) in [4.78, 5) is 4.22. The van der Waals surface area contributed by atoms with Crippen molar-refractivity contribution < 1.29 is 0 Å². The van der Waals surface area contributed by atoms with Gasteiger partial charge in [0.25, 0.3) is 0 Å². The molecule has 0 aliphatic heterocycles. The molecule has 0 spiro atoms. The van der Waals surface area contributed by atoms with Crippen molar-refractivity contribution in [3.63, 3.8) is 0 Å². The van der Waals surface area contributed by atoms with Gasteiger partial charge in [-0.1, -0.05) is 11.6 Å². The molecule has 2 aromatic rings. The van der Waals surface area contributed by atoms with E-state index in [-0.39, 0.29) is 0 Å². The van der Waals surface area contributed by atoms with Gasteiger partial charge >= 0.3 is 0 Å². The topological polar surface area (TPSA) is 12.9 Å². The largest absolute Gasteiger partial charge is 0.255 e. The number of rotatable bonds is 0. The average molecular weight is 368 g/mol. The Morgan fingerprint density at radius 1 is 1.38 bits per heavy atom. The normalized spacial score (nSPS) is 10.7. The summed E-state index contributed by atoms with van der Waals surface area (Å²) in [7, 11) is 0. The molecule has 1 aromatic heterocycles. The molecule has 1 nitrogen and oxygen atoms in total. The van der Waals surface area contributed by atoms with Crippen molar-refractivity contribution in [2.75, 3.05) is 0 Å². The number of benzene rings is 1. The third-order valence-corrected chi connectivity index (χ3v) is 3.76. The van der Waals surface area contributed by atoms with E-state index in [0.717, 1.165) is 15.4 Å². The van der Waals surface area contributed by atoms with Crippen molar-refractivity contribution in [1.82, 2.24) is 4.98 Å². The van der Waals surface area contributed by atoms with E-state index in [1.165, 1.54) is 3.57 Å². The Morgan fingerprint density at radius 2 is 2.15 bits per heavy atom. The Kier molecular flexibility index (Phi) is 2.76. The molecule has 0 unspecified atom stereocenters. The van der Waals surface area contributed by atoms with Crippen LogP contribution >= 0.6 is 50.1 Å². The van der Waals surface area contributed by atoms with Gasteiger partial charge in [-0.3, -0.25) is 4.98 Å². The Morgan fingerprint density at radius 3 is 2.92 bits per heavy atom. The van der Waals surface area contributed by atoms with Crippen molar-refractivity contribution in [3.05, 3.63) is 37.5 Å². The summed E-state index contributed by atoms with van der Waals surface area (Å²) >= 11 is 11.6. The van der Waals surface area contributed by atoms with E-state index in [1.807, 2.05) is 12.1 Å². The van der Waals surface area contributed by atoms with Crippen LogP contribution in [0, 0.1) is 3.57 Å². The van der Waals surface area contributed by atoms with Crippen LogP contribution in [0.2, 0.25) is 5.02 Å². The van der Waals surface area contributed by atoms with E-state index in [4.69, 9.17) is 11.6 Å². The number of hydrogen-bond acceptors (Lipinski definition) is 1. The van der Waals surface area contributed by atoms with Crippen molar-refractivity contribution in [2.45, 2.75) is 0 Å². The summed E-state index contributed by atoms with van der Waals surface area (Å²) in [6, 6.07) is 6.06. The molecule has 0 aliphatic carbocycles. The maximum atomic E-state index is 5.93. The number of halogens is 3. The molecule has 0 atom stereocenters. The van der Waals surface area contributed by atoms with E-state index >= 15 is 0 Å². The SMILES string of the molecule is Clc1cnc2ccc(I)cc2c1Br. The molecule has 1 aromatic carbocycles. The van der Waals surface area contributed by atoms with E-state index in [2.05, 4.69) is 49.6 Å². The lowest BCUT2D eigenvalue weighted by atomic mass is 10.2. The minimum absolute atomic E-state index is 0.648. The first kappa shape index (κ1) is 9.68. The minimum atomic E-state index is 0.648. The van der Waals surface area contributed by atoms with Crippen molar-refractivity contribution in [2.24, 2.45) is 0 Å². The van der Waals surface area contributed by atoms with Gasteiger partial charge in [0, 0.05) is 19.6 Å². The highest BCUT2D eigenvalue weighted by molar-refractivity contribution is 14.1. The number of pyridine rings is 1. The van der Waals surface area contributed by atoms with Gasteiger partial charge in [-0.15, -0.1) is 0 Å². The fourth-order valence-corrected chi connectivity index (χ4v) is 2.17. The van der Waals surface area contributed by atoms with Crippen molar-refractivity contribution in [1.29, 1.82) is 0 Å². The molecule has 0 amide bonds. The Balaban J connectivity index is 2.89. The molecule has 66 valence electrons. The van der Waals surface area contributed by atoms with E-state index in [9.17, 15) is 0 Å². The Bertz CT molecular complexity index is 467. The number of hydrogen-bond donors (Lipinski definition) is 0. The summed E-state index contributed by atoms with van der Waals surface area (Å²) < 4.78 is 2.09. The van der Waals surface area contributed by atoms with Gasteiger partial charge in [0.05, 0.1) is 10.5 Å². The third kappa shape index (κ3) is 1.82. The fraction of sp³-hybridized carbons (Fsp3) is 0. The molecule has 0 radical (unpaired) electrons. The molecule has 0 aliphatic rings. The fourth-order valence-electron chi connectivity index (χ4n) is 1.11. The highest BCUT2D eigenvalue weighted by Crippen LogP contribution is 2.30. The van der Waals surface area contributed by atoms with Crippen LogP contribution in [0.5, 0.6) is 0 Å². The first-order valence-electron chi connectivity index (χ1n) is 3.58. The monoisotopic (exact) mass is 367 g/mol. The van der Waals surface area contributed by atoms with E-state index in [1.54, 1.807) is 6.20 Å². The summed E-state index contributed by atoms with van der Waals surface area (Å²) in [6.45, 7) is 0.